The molecule has 0 saturated heterocycles. The van der Waals surface area contributed by atoms with Crippen LogP contribution in [0.15, 0.2) is 41.3 Å². The fourth-order valence-corrected chi connectivity index (χ4v) is 2.10. The van der Waals surface area contributed by atoms with Crippen LogP contribution in [-0.2, 0) is 22.7 Å². The molecule has 2 rings (SSSR count). The van der Waals surface area contributed by atoms with E-state index in [-0.39, 0.29) is 31.6 Å². The van der Waals surface area contributed by atoms with E-state index in [1.54, 1.807) is 6.92 Å². The van der Waals surface area contributed by atoms with E-state index in [0.717, 1.165) is 16.3 Å². The molecule has 1 heterocycles. The number of benzene rings is 1. The molecular formula is C17H19FN2O4. The predicted octanol–water partition coefficient (Wildman–Crippen LogP) is 2.30. The number of esters is 1. The van der Waals surface area contributed by atoms with Gasteiger partial charge in [-0.1, -0.05) is 30.3 Å². The number of nitrogens with zero attached hydrogens (tertiary/aromatic N) is 2. The first kappa shape index (κ1) is 17.7. The van der Waals surface area contributed by atoms with Crippen molar-refractivity contribution in [2.75, 3.05) is 6.61 Å². The maximum absolute atomic E-state index is 13.5. The number of aromatic nitrogens is 2. The normalized spacial score (nSPS) is 10.4. The molecule has 0 amide bonds. The lowest BCUT2D eigenvalue weighted by Crippen LogP contribution is -2.26. The van der Waals surface area contributed by atoms with Crippen molar-refractivity contribution in [3.05, 3.63) is 58.3 Å². The van der Waals surface area contributed by atoms with Crippen molar-refractivity contribution < 1.29 is 18.7 Å². The highest BCUT2D eigenvalue weighted by Gasteiger charge is 2.12. The van der Waals surface area contributed by atoms with Crippen LogP contribution in [0.2, 0.25) is 0 Å². The number of hydrogen-bond donors (Lipinski definition) is 0. The monoisotopic (exact) mass is 334 g/mol. The Bertz CT molecular complexity index is 731. The van der Waals surface area contributed by atoms with Crippen molar-refractivity contribution >= 4 is 5.97 Å². The lowest BCUT2D eigenvalue weighted by Gasteiger charge is -2.12. The van der Waals surface area contributed by atoms with E-state index in [2.05, 4.69) is 4.98 Å². The highest BCUT2D eigenvalue weighted by Crippen LogP contribution is 2.10. The summed E-state index contributed by atoms with van der Waals surface area (Å²) in [5, 5.41) is 0. The zero-order valence-electron chi connectivity index (χ0n) is 13.4. The molecule has 0 N–H and O–H groups in total. The first-order valence-corrected chi connectivity index (χ1v) is 7.69. The average molecular weight is 334 g/mol. The first-order chi connectivity index (χ1) is 11.6. The number of hydrogen-bond acceptors (Lipinski definition) is 5. The molecule has 0 saturated carbocycles. The van der Waals surface area contributed by atoms with Crippen molar-refractivity contribution in [2.24, 2.45) is 0 Å². The minimum atomic E-state index is -0.960. The molecule has 0 bridgehead atoms. The number of ether oxygens (including phenoxy) is 2. The Morgan fingerprint density at radius 3 is 2.75 bits per heavy atom. The van der Waals surface area contributed by atoms with Crippen LogP contribution < -0.4 is 10.3 Å². The van der Waals surface area contributed by atoms with Gasteiger partial charge in [-0.3, -0.25) is 14.2 Å². The molecule has 0 aliphatic carbocycles. The highest BCUT2D eigenvalue weighted by atomic mass is 19.1. The maximum Gasteiger partial charge on any atom is 0.305 e. The Hall–Kier alpha value is -2.70. The minimum absolute atomic E-state index is 0.0223. The molecule has 0 aliphatic heterocycles. The van der Waals surface area contributed by atoms with E-state index in [0.29, 0.717) is 13.0 Å². The quantitative estimate of drug-likeness (QED) is 0.693. The first-order valence-electron chi connectivity index (χ1n) is 7.69. The van der Waals surface area contributed by atoms with Crippen LogP contribution in [0.1, 0.15) is 25.3 Å². The summed E-state index contributed by atoms with van der Waals surface area (Å²) in [7, 11) is 0. The fourth-order valence-electron chi connectivity index (χ4n) is 2.10. The second kappa shape index (κ2) is 8.81. The number of halogens is 1. The molecule has 0 spiro atoms. The molecule has 0 fully saturated rings. The molecule has 1 aromatic heterocycles. The average Bonchev–Trinajstić information content (AvgIpc) is 2.59. The summed E-state index contributed by atoms with van der Waals surface area (Å²) in [4.78, 5) is 27.1. The van der Waals surface area contributed by atoms with Gasteiger partial charge in [-0.25, -0.2) is 4.98 Å². The van der Waals surface area contributed by atoms with Gasteiger partial charge >= 0.3 is 5.97 Å². The van der Waals surface area contributed by atoms with Crippen molar-refractivity contribution in [2.45, 2.75) is 32.9 Å². The summed E-state index contributed by atoms with van der Waals surface area (Å²) in [5.41, 5.74) is 0.0751. The molecule has 128 valence electrons. The Labute approximate surface area is 138 Å². The number of carbonyl (C=O) groups is 1. The van der Waals surface area contributed by atoms with Crippen LogP contribution in [-0.4, -0.2) is 22.1 Å². The predicted molar refractivity (Wildman–Crippen MR) is 85.1 cm³/mol. The second-order valence-corrected chi connectivity index (χ2v) is 5.03. The zero-order chi connectivity index (χ0) is 17.4. The molecule has 0 atom stereocenters. The van der Waals surface area contributed by atoms with Gasteiger partial charge in [0.25, 0.3) is 11.6 Å². The van der Waals surface area contributed by atoms with Crippen LogP contribution in [0.5, 0.6) is 6.01 Å². The number of rotatable bonds is 8. The van der Waals surface area contributed by atoms with Gasteiger partial charge in [0, 0.05) is 13.0 Å². The summed E-state index contributed by atoms with van der Waals surface area (Å²) in [5.74, 6) is -1.32. The van der Waals surface area contributed by atoms with Gasteiger partial charge < -0.3 is 9.47 Å². The maximum atomic E-state index is 13.5. The fraction of sp³-hybridized carbons (Fsp3) is 0.353. The molecule has 7 heteroatoms. The van der Waals surface area contributed by atoms with Crippen molar-refractivity contribution in [1.29, 1.82) is 0 Å². The van der Waals surface area contributed by atoms with Gasteiger partial charge in [-0.05, 0) is 18.9 Å². The second-order valence-electron chi connectivity index (χ2n) is 5.03. The highest BCUT2D eigenvalue weighted by molar-refractivity contribution is 5.69. The van der Waals surface area contributed by atoms with E-state index in [1.807, 2.05) is 30.3 Å². The van der Waals surface area contributed by atoms with E-state index in [1.165, 1.54) is 0 Å². The SMILES string of the molecule is CCOC(=O)CCCn1c(OCc2ccccc2)ncc(F)c1=O. The topological polar surface area (TPSA) is 70.4 Å². The van der Waals surface area contributed by atoms with Crippen molar-refractivity contribution in [3.63, 3.8) is 0 Å². The van der Waals surface area contributed by atoms with Gasteiger partial charge in [0.2, 0.25) is 5.82 Å². The van der Waals surface area contributed by atoms with E-state index < -0.39 is 11.4 Å². The van der Waals surface area contributed by atoms with Crippen LogP contribution in [0, 0.1) is 5.82 Å². The lowest BCUT2D eigenvalue weighted by atomic mass is 10.2. The van der Waals surface area contributed by atoms with Crippen LogP contribution in [0.4, 0.5) is 4.39 Å². The third kappa shape index (κ3) is 4.91. The molecule has 6 nitrogen and oxygen atoms in total. The molecular weight excluding hydrogens is 315 g/mol. The molecule has 24 heavy (non-hydrogen) atoms. The molecule has 0 unspecified atom stereocenters. The summed E-state index contributed by atoms with van der Waals surface area (Å²) in [6.45, 7) is 2.34. The minimum Gasteiger partial charge on any atom is -0.466 e. The summed E-state index contributed by atoms with van der Waals surface area (Å²) >= 11 is 0. The van der Waals surface area contributed by atoms with Crippen LogP contribution >= 0.6 is 0 Å². The van der Waals surface area contributed by atoms with Gasteiger partial charge in [-0.15, -0.1) is 0 Å². The largest absolute Gasteiger partial charge is 0.466 e. The Kier molecular flexibility index (Phi) is 6.48. The number of carbonyl (C=O) groups excluding carboxylic acids is 1. The zero-order valence-corrected chi connectivity index (χ0v) is 13.4. The van der Waals surface area contributed by atoms with Gasteiger partial charge in [0.1, 0.15) is 6.61 Å². The van der Waals surface area contributed by atoms with Gasteiger partial charge in [-0.2, -0.15) is 4.39 Å². The standard InChI is InChI=1S/C17H19FN2O4/c1-2-23-15(21)9-6-10-20-16(22)14(18)11-19-17(20)24-12-13-7-4-3-5-8-13/h3-5,7-8,11H,2,6,9-10,12H2,1H3. The third-order valence-electron chi connectivity index (χ3n) is 3.25. The summed E-state index contributed by atoms with van der Waals surface area (Å²) in [6.07, 6.45) is 1.30. The summed E-state index contributed by atoms with van der Waals surface area (Å²) < 4.78 is 24.9. The van der Waals surface area contributed by atoms with Crippen LogP contribution in [0.3, 0.4) is 0 Å². The van der Waals surface area contributed by atoms with Crippen molar-refractivity contribution in [3.8, 4) is 6.01 Å². The van der Waals surface area contributed by atoms with E-state index in [9.17, 15) is 14.0 Å². The van der Waals surface area contributed by atoms with E-state index in [4.69, 9.17) is 9.47 Å². The lowest BCUT2D eigenvalue weighted by molar-refractivity contribution is -0.143. The van der Waals surface area contributed by atoms with E-state index >= 15 is 0 Å². The Morgan fingerprint density at radius 2 is 2.04 bits per heavy atom. The van der Waals surface area contributed by atoms with Crippen molar-refractivity contribution in [1.82, 2.24) is 9.55 Å². The third-order valence-corrected chi connectivity index (χ3v) is 3.25. The summed E-state index contributed by atoms with van der Waals surface area (Å²) in [6, 6.07) is 9.37. The Balaban J connectivity index is 2.06. The molecule has 0 radical (unpaired) electrons. The molecule has 1 aromatic carbocycles. The Morgan fingerprint density at radius 1 is 1.29 bits per heavy atom. The smallest absolute Gasteiger partial charge is 0.305 e. The van der Waals surface area contributed by atoms with Gasteiger partial charge in [0.05, 0.1) is 12.8 Å². The molecule has 2 aromatic rings. The van der Waals surface area contributed by atoms with Crippen LogP contribution in [0.25, 0.3) is 0 Å². The van der Waals surface area contributed by atoms with Gasteiger partial charge in [0.15, 0.2) is 0 Å². The molecule has 0 aliphatic rings.